The molecule has 186 valence electrons. The third-order valence-electron chi connectivity index (χ3n) is 6.42. The standard InChI is InChI=1S/C24H28N4O7/c29-13-11-26(12-14-30)23(31)17-5-6-21(22(15-17)28(33)34)25-9-7-19(8-10-25)27-20-4-2-1-3-18(20)16-35-24(27)32/h1-6,15,19,29-30H,7-14,16H2. The molecule has 0 atom stereocenters. The van der Waals surface area contributed by atoms with Crippen molar-refractivity contribution in [3.05, 3.63) is 63.7 Å². The van der Waals surface area contributed by atoms with Gasteiger partial charge in [-0.3, -0.25) is 19.8 Å². The predicted octanol–water partition coefficient (Wildman–Crippen LogP) is 2.15. The number of carbonyl (C=O) groups is 2. The average molecular weight is 485 g/mol. The quantitative estimate of drug-likeness (QED) is 0.430. The largest absolute Gasteiger partial charge is 0.444 e. The molecule has 0 spiro atoms. The maximum atomic E-state index is 12.8. The summed E-state index contributed by atoms with van der Waals surface area (Å²) >= 11 is 0. The van der Waals surface area contributed by atoms with Crippen LogP contribution in [0.3, 0.4) is 0 Å². The molecule has 2 aromatic carbocycles. The predicted molar refractivity (Wildman–Crippen MR) is 128 cm³/mol. The summed E-state index contributed by atoms with van der Waals surface area (Å²) in [5.41, 5.74) is 2.12. The molecule has 0 aromatic heterocycles. The molecule has 1 fully saturated rings. The molecule has 1 saturated heterocycles. The molecule has 0 saturated carbocycles. The molecule has 2 N–H and O–H groups in total. The van der Waals surface area contributed by atoms with Crippen LogP contribution in [0.15, 0.2) is 42.5 Å². The fourth-order valence-corrected chi connectivity index (χ4v) is 4.70. The normalized spacial score (nSPS) is 16.0. The Kier molecular flexibility index (Phi) is 7.47. The van der Waals surface area contributed by atoms with Crippen LogP contribution in [0.2, 0.25) is 0 Å². The number of carbonyl (C=O) groups excluding carboxylic acids is 2. The van der Waals surface area contributed by atoms with Crippen molar-refractivity contribution in [3.63, 3.8) is 0 Å². The molecule has 2 aliphatic heterocycles. The number of nitrogens with zero attached hydrogens (tertiary/aromatic N) is 4. The van der Waals surface area contributed by atoms with E-state index in [1.165, 1.54) is 17.0 Å². The number of hydrogen-bond acceptors (Lipinski definition) is 8. The number of nitro groups is 1. The summed E-state index contributed by atoms with van der Waals surface area (Å²) in [6.07, 6.45) is 0.815. The number of anilines is 2. The molecule has 0 unspecified atom stereocenters. The maximum Gasteiger partial charge on any atom is 0.414 e. The molecule has 2 amide bonds. The highest BCUT2D eigenvalue weighted by atomic mass is 16.6. The van der Waals surface area contributed by atoms with Gasteiger partial charge in [0, 0.05) is 49.4 Å². The number of fused-ring (bicyclic) bond motifs is 1. The molecule has 11 nitrogen and oxygen atoms in total. The Morgan fingerprint density at radius 1 is 1.09 bits per heavy atom. The summed E-state index contributed by atoms with van der Waals surface area (Å²) in [5.74, 6) is -0.497. The Morgan fingerprint density at radius 2 is 1.77 bits per heavy atom. The Bertz CT molecular complexity index is 1100. The third kappa shape index (κ3) is 5.05. The average Bonchev–Trinajstić information content (AvgIpc) is 2.88. The van der Waals surface area contributed by atoms with E-state index in [0.29, 0.717) is 31.6 Å². The first kappa shape index (κ1) is 24.4. The van der Waals surface area contributed by atoms with Crippen LogP contribution in [0.5, 0.6) is 0 Å². The van der Waals surface area contributed by atoms with Crippen LogP contribution < -0.4 is 9.80 Å². The van der Waals surface area contributed by atoms with Crippen molar-refractivity contribution < 1.29 is 29.5 Å². The van der Waals surface area contributed by atoms with Crippen molar-refractivity contribution in [2.24, 2.45) is 0 Å². The van der Waals surface area contributed by atoms with Gasteiger partial charge < -0.3 is 24.7 Å². The van der Waals surface area contributed by atoms with E-state index in [1.54, 1.807) is 11.0 Å². The number of cyclic esters (lactones) is 1. The second-order valence-electron chi connectivity index (χ2n) is 8.47. The number of rotatable bonds is 8. The number of amides is 2. The van der Waals surface area contributed by atoms with E-state index in [0.717, 1.165) is 11.3 Å². The lowest BCUT2D eigenvalue weighted by atomic mass is 9.99. The molecule has 0 bridgehead atoms. The molecular formula is C24H28N4O7. The van der Waals surface area contributed by atoms with Gasteiger partial charge in [-0.25, -0.2) is 4.79 Å². The highest BCUT2D eigenvalue weighted by molar-refractivity contribution is 5.96. The van der Waals surface area contributed by atoms with Gasteiger partial charge in [-0.1, -0.05) is 18.2 Å². The van der Waals surface area contributed by atoms with Crippen LogP contribution in [-0.4, -0.2) is 77.5 Å². The zero-order valence-corrected chi connectivity index (χ0v) is 19.2. The van der Waals surface area contributed by atoms with Crippen LogP contribution >= 0.6 is 0 Å². The third-order valence-corrected chi connectivity index (χ3v) is 6.42. The van der Waals surface area contributed by atoms with Crippen LogP contribution in [0, 0.1) is 10.1 Å². The van der Waals surface area contributed by atoms with Crippen molar-refractivity contribution >= 4 is 29.1 Å². The Labute approximate surface area is 202 Å². The van der Waals surface area contributed by atoms with Gasteiger partial charge in [0.2, 0.25) is 0 Å². The number of benzene rings is 2. The summed E-state index contributed by atoms with van der Waals surface area (Å²) in [7, 11) is 0. The molecule has 11 heteroatoms. The fraction of sp³-hybridized carbons (Fsp3) is 0.417. The van der Waals surface area contributed by atoms with Crippen molar-refractivity contribution in [1.82, 2.24) is 4.90 Å². The first-order valence-electron chi connectivity index (χ1n) is 11.5. The van der Waals surface area contributed by atoms with E-state index < -0.39 is 10.8 Å². The summed E-state index contributed by atoms with van der Waals surface area (Å²) in [6, 6.07) is 11.9. The van der Waals surface area contributed by atoms with E-state index >= 15 is 0 Å². The van der Waals surface area contributed by atoms with Gasteiger partial charge in [-0.05, 0) is 31.0 Å². The smallest absolute Gasteiger partial charge is 0.414 e. The first-order valence-corrected chi connectivity index (χ1v) is 11.5. The maximum absolute atomic E-state index is 12.8. The molecule has 0 aliphatic carbocycles. The Morgan fingerprint density at radius 3 is 2.43 bits per heavy atom. The van der Waals surface area contributed by atoms with Crippen LogP contribution in [-0.2, 0) is 11.3 Å². The van der Waals surface area contributed by atoms with Crippen molar-refractivity contribution in [2.45, 2.75) is 25.5 Å². The summed E-state index contributed by atoms with van der Waals surface area (Å²) in [6.45, 7) is 0.703. The van der Waals surface area contributed by atoms with Gasteiger partial charge in [0.1, 0.15) is 12.3 Å². The minimum absolute atomic E-state index is 0.0184. The second-order valence-corrected chi connectivity index (χ2v) is 8.47. The van der Waals surface area contributed by atoms with E-state index in [1.807, 2.05) is 29.2 Å². The molecule has 4 rings (SSSR count). The van der Waals surface area contributed by atoms with Crippen LogP contribution in [0.25, 0.3) is 0 Å². The summed E-state index contributed by atoms with van der Waals surface area (Å²) in [4.78, 5) is 41.5. The van der Waals surface area contributed by atoms with Crippen molar-refractivity contribution in [3.8, 4) is 0 Å². The summed E-state index contributed by atoms with van der Waals surface area (Å²) < 4.78 is 5.34. The van der Waals surface area contributed by atoms with Gasteiger partial charge in [0.25, 0.3) is 11.6 Å². The number of piperidine rings is 1. The highest BCUT2D eigenvalue weighted by Gasteiger charge is 2.35. The fourth-order valence-electron chi connectivity index (χ4n) is 4.70. The van der Waals surface area contributed by atoms with Crippen molar-refractivity contribution in [1.29, 1.82) is 0 Å². The van der Waals surface area contributed by atoms with E-state index in [4.69, 9.17) is 4.74 Å². The molecule has 2 aliphatic rings. The van der Waals surface area contributed by atoms with E-state index in [2.05, 4.69) is 0 Å². The molecular weight excluding hydrogens is 456 g/mol. The lowest BCUT2D eigenvalue weighted by Gasteiger charge is -2.40. The zero-order chi connectivity index (χ0) is 24.9. The Balaban J connectivity index is 1.51. The summed E-state index contributed by atoms with van der Waals surface area (Å²) in [5, 5.41) is 30.2. The lowest BCUT2D eigenvalue weighted by molar-refractivity contribution is -0.384. The van der Waals surface area contributed by atoms with Crippen LogP contribution in [0.4, 0.5) is 21.9 Å². The lowest BCUT2D eigenvalue weighted by Crippen LogP contribution is -2.49. The van der Waals surface area contributed by atoms with E-state index in [-0.39, 0.29) is 56.3 Å². The number of para-hydroxylation sites is 1. The number of nitro benzene ring substituents is 1. The molecule has 2 aromatic rings. The second kappa shape index (κ2) is 10.7. The molecule has 2 heterocycles. The Hall–Kier alpha value is -3.70. The zero-order valence-electron chi connectivity index (χ0n) is 19.2. The monoisotopic (exact) mass is 484 g/mol. The number of aliphatic hydroxyl groups excluding tert-OH is 2. The van der Waals surface area contributed by atoms with Crippen LogP contribution in [0.1, 0.15) is 28.8 Å². The minimum atomic E-state index is -0.515. The molecule has 35 heavy (non-hydrogen) atoms. The number of aliphatic hydroxyl groups is 2. The number of ether oxygens (including phenoxy) is 1. The van der Waals surface area contributed by atoms with Gasteiger partial charge in [0.15, 0.2) is 0 Å². The molecule has 0 radical (unpaired) electrons. The highest BCUT2D eigenvalue weighted by Crippen LogP contribution is 2.35. The van der Waals surface area contributed by atoms with E-state index in [9.17, 15) is 29.9 Å². The van der Waals surface area contributed by atoms with Gasteiger partial charge in [0.05, 0.1) is 23.8 Å². The minimum Gasteiger partial charge on any atom is -0.444 e. The topological polar surface area (TPSA) is 137 Å². The van der Waals surface area contributed by atoms with Gasteiger partial charge in [-0.15, -0.1) is 0 Å². The first-order chi connectivity index (χ1) is 16.9. The van der Waals surface area contributed by atoms with Gasteiger partial charge >= 0.3 is 6.09 Å². The number of hydrogen-bond donors (Lipinski definition) is 2. The SMILES string of the molecule is O=C(c1ccc(N2CCC(N3C(=O)OCc4ccccc43)CC2)c([N+](=O)[O-])c1)N(CCO)CCO. The van der Waals surface area contributed by atoms with Crippen molar-refractivity contribution in [2.75, 3.05) is 49.2 Å². The van der Waals surface area contributed by atoms with Gasteiger partial charge in [-0.2, -0.15) is 0 Å².